The van der Waals surface area contributed by atoms with Gasteiger partial charge in [0.15, 0.2) is 0 Å². The van der Waals surface area contributed by atoms with Crippen LogP contribution in [-0.2, 0) is 26.0 Å². The van der Waals surface area contributed by atoms with Crippen LogP contribution < -0.4 is 10.0 Å². The molecule has 0 spiro atoms. The van der Waals surface area contributed by atoms with Crippen LogP contribution in [-0.4, -0.2) is 34.1 Å². The maximum atomic E-state index is 13.0. The van der Waals surface area contributed by atoms with Crippen molar-refractivity contribution in [1.82, 2.24) is 5.32 Å². The van der Waals surface area contributed by atoms with Crippen LogP contribution >= 0.6 is 0 Å². The molecule has 6 nitrogen and oxygen atoms in total. The van der Waals surface area contributed by atoms with Gasteiger partial charge in [-0.2, -0.15) is 0 Å². The van der Waals surface area contributed by atoms with Crippen molar-refractivity contribution < 1.29 is 22.3 Å². The number of anilines is 1. The van der Waals surface area contributed by atoms with Crippen LogP contribution in [0, 0.1) is 11.7 Å². The zero-order chi connectivity index (χ0) is 20.0. The highest BCUT2D eigenvalue weighted by Gasteiger charge is 2.16. The molecule has 0 bridgehead atoms. The highest BCUT2D eigenvalue weighted by Crippen LogP contribution is 2.17. The van der Waals surface area contributed by atoms with Gasteiger partial charge in [-0.1, -0.05) is 12.1 Å². The normalized spacial score (nSPS) is 17.1. The summed E-state index contributed by atoms with van der Waals surface area (Å²) in [6.45, 7) is 2.08. The van der Waals surface area contributed by atoms with Crippen molar-refractivity contribution in [2.75, 3.05) is 24.5 Å². The fourth-order valence-corrected chi connectivity index (χ4v) is 4.05. The maximum absolute atomic E-state index is 13.0. The molecule has 8 heteroatoms. The Bertz CT molecular complexity index is 893. The molecule has 0 aliphatic carbocycles. The fourth-order valence-electron chi connectivity index (χ4n) is 2.99. The number of rotatable bonds is 7. The lowest BCUT2D eigenvalue weighted by molar-refractivity contribution is -0.120. The molecule has 0 radical (unpaired) electrons. The molecule has 1 amide bonds. The molecule has 150 valence electrons. The van der Waals surface area contributed by atoms with Crippen molar-refractivity contribution >= 4 is 21.6 Å². The standard InChI is InChI=1S/C20H23FN2O4S/c21-17-5-9-19(10-6-17)28(25,26)23-18-7-3-15(4-8-18)12-20(24)22-13-16-2-1-11-27-14-16/h3-10,16,23H,1-2,11-14H2,(H,22,24). The fraction of sp³-hybridized carbons (Fsp3) is 0.350. The first-order valence-corrected chi connectivity index (χ1v) is 10.6. The van der Waals surface area contributed by atoms with E-state index in [1.165, 1.54) is 12.1 Å². The largest absolute Gasteiger partial charge is 0.381 e. The van der Waals surface area contributed by atoms with Crippen LogP contribution in [0.2, 0.25) is 0 Å². The summed E-state index contributed by atoms with van der Waals surface area (Å²) < 4.78 is 45.4. The summed E-state index contributed by atoms with van der Waals surface area (Å²) in [6.07, 6.45) is 2.30. The van der Waals surface area contributed by atoms with Gasteiger partial charge < -0.3 is 10.1 Å². The number of sulfonamides is 1. The minimum Gasteiger partial charge on any atom is -0.381 e. The second-order valence-electron chi connectivity index (χ2n) is 6.82. The number of carbonyl (C=O) groups excluding carboxylic acids is 1. The van der Waals surface area contributed by atoms with E-state index >= 15 is 0 Å². The smallest absolute Gasteiger partial charge is 0.261 e. The Kier molecular flexibility index (Phi) is 6.64. The molecule has 1 heterocycles. The Morgan fingerprint density at radius 2 is 1.82 bits per heavy atom. The minimum absolute atomic E-state index is 0.0240. The molecule has 1 unspecified atom stereocenters. The Morgan fingerprint density at radius 1 is 1.11 bits per heavy atom. The van der Waals surface area contributed by atoms with E-state index in [0.29, 0.717) is 24.8 Å². The van der Waals surface area contributed by atoms with Gasteiger partial charge in [0.05, 0.1) is 17.9 Å². The minimum atomic E-state index is -3.79. The Hall–Kier alpha value is -2.45. The maximum Gasteiger partial charge on any atom is 0.261 e. The number of hydrogen-bond acceptors (Lipinski definition) is 4. The molecule has 3 rings (SSSR count). The van der Waals surface area contributed by atoms with Crippen LogP contribution in [0.1, 0.15) is 18.4 Å². The molecule has 1 fully saturated rings. The van der Waals surface area contributed by atoms with Gasteiger partial charge in [0.1, 0.15) is 5.82 Å². The van der Waals surface area contributed by atoms with Crippen LogP contribution in [0.25, 0.3) is 0 Å². The number of nitrogens with one attached hydrogen (secondary N) is 2. The Morgan fingerprint density at radius 3 is 2.46 bits per heavy atom. The molecule has 2 aromatic carbocycles. The summed E-state index contributed by atoms with van der Waals surface area (Å²) in [4.78, 5) is 12.1. The van der Waals surface area contributed by atoms with Crippen molar-refractivity contribution in [1.29, 1.82) is 0 Å². The molecule has 0 aromatic heterocycles. The van der Waals surface area contributed by atoms with E-state index in [1.807, 2.05) is 0 Å². The highest BCUT2D eigenvalue weighted by molar-refractivity contribution is 7.92. The molecule has 2 aromatic rings. The quantitative estimate of drug-likeness (QED) is 0.741. The van der Waals surface area contributed by atoms with Gasteiger partial charge in [-0.3, -0.25) is 9.52 Å². The summed E-state index contributed by atoms with van der Waals surface area (Å²) in [5, 5.41) is 2.92. The van der Waals surface area contributed by atoms with E-state index in [0.717, 1.165) is 37.1 Å². The van der Waals surface area contributed by atoms with Gasteiger partial charge in [0.2, 0.25) is 5.91 Å². The van der Waals surface area contributed by atoms with Crippen LogP contribution in [0.3, 0.4) is 0 Å². The van der Waals surface area contributed by atoms with Gasteiger partial charge >= 0.3 is 0 Å². The molecule has 0 saturated carbocycles. The van der Waals surface area contributed by atoms with E-state index in [4.69, 9.17) is 4.74 Å². The Labute approximate surface area is 164 Å². The summed E-state index contributed by atoms with van der Waals surface area (Å²) in [6, 6.07) is 11.2. The lowest BCUT2D eigenvalue weighted by Crippen LogP contribution is -2.34. The molecule has 2 N–H and O–H groups in total. The predicted molar refractivity (Wildman–Crippen MR) is 104 cm³/mol. The monoisotopic (exact) mass is 406 g/mol. The number of halogens is 1. The van der Waals surface area contributed by atoms with Crippen molar-refractivity contribution in [2.24, 2.45) is 5.92 Å². The van der Waals surface area contributed by atoms with Gasteiger partial charge in [-0.25, -0.2) is 12.8 Å². The first kappa shape index (κ1) is 20.3. The summed E-state index contributed by atoms with van der Waals surface area (Å²) in [7, 11) is -3.79. The Balaban J connectivity index is 1.52. The van der Waals surface area contributed by atoms with Gasteiger partial charge in [0, 0.05) is 18.8 Å². The second-order valence-corrected chi connectivity index (χ2v) is 8.50. The number of hydrogen-bond donors (Lipinski definition) is 2. The predicted octanol–water partition coefficient (Wildman–Crippen LogP) is 2.71. The molecule has 1 aliphatic heterocycles. The molecular formula is C20H23FN2O4S. The van der Waals surface area contributed by atoms with Crippen LogP contribution in [0.4, 0.5) is 10.1 Å². The highest BCUT2D eigenvalue weighted by atomic mass is 32.2. The van der Waals surface area contributed by atoms with Crippen molar-refractivity contribution in [2.45, 2.75) is 24.2 Å². The van der Waals surface area contributed by atoms with E-state index in [1.54, 1.807) is 24.3 Å². The first-order chi connectivity index (χ1) is 13.4. The van der Waals surface area contributed by atoms with Crippen LogP contribution in [0.5, 0.6) is 0 Å². The third-order valence-corrected chi connectivity index (χ3v) is 5.93. The van der Waals surface area contributed by atoms with E-state index in [9.17, 15) is 17.6 Å². The molecule has 28 heavy (non-hydrogen) atoms. The van der Waals surface area contributed by atoms with E-state index < -0.39 is 15.8 Å². The number of ether oxygens (including phenoxy) is 1. The molecule has 1 aliphatic rings. The first-order valence-electron chi connectivity index (χ1n) is 9.14. The lowest BCUT2D eigenvalue weighted by atomic mass is 10.0. The van der Waals surface area contributed by atoms with Gasteiger partial charge in [-0.15, -0.1) is 0 Å². The average molecular weight is 406 g/mol. The molecule has 1 atom stereocenters. The summed E-state index contributed by atoms with van der Waals surface area (Å²) >= 11 is 0. The SMILES string of the molecule is O=C(Cc1ccc(NS(=O)(=O)c2ccc(F)cc2)cc1)NCC1CCCOC1. The van der Waals surface area contributed by atoms with Gasteiger partial charge in [-0.05, 0) is 60.7 Å². The summed E-state index contributed by atoms with van der Waals surface area (Å²) in [5.41, 5.74) is 1.15. The number of amides is 1. The van der Waals surface area contributed by atoms with Crippen LogP contribution in [0.15, 0.2) is 53.4 Å². The van der Waals surface area contributed by atoms with E-state index in [2.05, 4.69) is 10.0 Å². The topological polar surface area (TPSA) is 84.5 Å². The third-order valence-electron chi connectivity index (χ3n) is 4.54. The molecular weight excluding hydrogens is 383 g/mol. The zero-order valence-corrected chi connectivity index (χ0v) is 16.2. The zero-order valence-electron chi connectivity index (χ0n) is 15.4. The second kappa shape index (κ2) is 9.16. The number of carbonyl (C=O) groups is 1. The van der Waals surface area contributed by atoms with Crippen molar-refractivity contribution in [3.05, 3.63) is 59.9 Å². The van der Waals surface area contributed by atoms with E-state index in [-0.39, 0.29) is 17.2 Å². The van der Waals surface area contributed by atoms with Crippen molar-refractivity contribution in [3.8, 4) is 0 Å². The lowest BCUT2D eigenvalue weighted by Gasteiger charge is -2.22. The number of benzene rings is 2. The average Bonchev–Trinajstić information content (AvgIpc) is 2.69. The summed E-state index contributed by atoms with van der Waals surface area (Å²) in [5.74, 6) is -0.219. The molecule has 1 saturated heterocycles. The third kappa shape index (κ3) is 5.77. The van der Waals surface area contributed by atoms with Crippen molar-refractivity contribution in [3.63, 3.8) is 0 Å². The van der Waals surface area contributed by atoms with Gasteiger partial charge in [0.25, 0.3) is 10.0 Å².